The number of amides is 2. The Labute approximate surface area is 175 Å². The van der Waals surface area contributed by atoms with Crippen LogP contribution < -0.4 is 14.2 Å². The number of hydrogen-bond acceptors (Lipinski definition) is 8. The van der Waals surface area contributed by atoms with E-state index in [1.807, 2.05) is 0 Å². The number of carbonyl (C=O) groups excluding carboxylic acids is 2. The van der Waals surface area contributed by atoms with Crippen molar-refractivity contribution in [2.75, 3.05) is 21.0 Å². The lowest BCUT2D eigenvalue weighted by molar-refractivity contribution is -0.164. The molecule has 10 heteroatoms. The molecule has 0 aromatic heterocycles. The van der Waals surface area contributed by atoms with Crippen LogP contribution in [0.2, 0.25) is 0 Å². The molecule has 1 unspecified atom stereocenters. The summed E-state index contributed by atoms with van der Waals surface area (Å²) in [4.78, 5) is 28.0. The van der Waals surface area contributed by atoms with Crippen molar-refractivity contribution in [3.8, 4) is 23.3 Å². The summed E-state index contributed by atoms with van der Waals surface area (Å²) in [6.07, 6.45) is 0.238. The molecule has 0 N–H and O–H groups in total. The maximum Gasteiger partial charge on any atom is 0.261 e. The predicted octanol–water partition coefficient (Wildman–Crippen LogP) is 2.51. The van der Waals surface area contributed by atoms with Crippen LogP contribution in [0.1, 0.15) is 31.9 Å². The van der Waals surface area contributed by atoms with Crippen LogP contribution in [0.4, 0.5) is 0 Å². The number of hydrogen-bond donors (Lipinski definition) is 0. The molecule has 5 aliphatic rings. The molecule has 5 aliphatic heterocycles. The van der Waals surface area contributed by atoms with Crippen LogP contribution in [-0.4, -0.2) is 52.3 Å². The third-order valence-electron chi connectivity index (χ3n) is 6.37. The van der Waals surface area contributed by atoms with Crippen LogP contribution in [0.5, 0.6) is 17.2 Å². The van der Waals surface area contributed by atoms with Crippen molar-refractivity contribution < 1.29 is 23.8 Å². The molecule has 2 bridgehead atoms. The molecule has 8 nitrogen and oxygen atoms in total. The van der Waals surface area contributed by atoms with Crippen molar-refractivity contribution in [1.29, 1.82) is 5.26 Å². The number of benzene rings is 1. The number of likely N-dealkylation sites (N-methyl/N-ethyl adjacent to an activating group) is 1. The standard InChI is InChI=1S/C19H19N3O5S2/c1-17(8-20)7-19-16(24)21(3)18(2,28-29-19)15(23)22(19)14(17)10-5-6-11-13(12(10)25-4)27-9-26-11/h5-6,14H,7,9H2,1-4H3/t14?,17-,18+,19+/m1/s1. The van der Waals surface area contributed by atoms with Gasteiger partial charge in [0.15, 0.2) is 21.2 Å². The summed E-state index contributed by atoms with van der Waals surface area (Å²) in [5, 5.41) is 10.2. The summed E-state index contributed by atoms with van der Waals surface area (Å²) in [6, 6.07) is 5.30. The quantitative estimate of drug-likeness (QED) is 0.657. The molecule has 0 aliphatic carbocycles. The second kappa shape index (κ2) is 5.67. The van der Waals surface area contributed by atoms with E-state index in [9.17, 15) is 14.9 Å². The van der Waals surface area contributed by atoms with Gasteiger partial charge in [-0.2, -0.15) is 5.26 Å². The topological polar surface area (TPSA) is 92.1 Å². The Hall–Kier alpha value is -2.25. The highest BCUT2D eigenvalue weighted by atomic mass is 33.1. The number of piperazine rings is 1. The van der Waals surface area contributed by atoms with Crippen LogP contribution >= 0.6 is 21.6 Å². The SMILES string of the molecule is COc1c(C2N3C(=O)[C@]4(C)SS[C@@]3(C[C@]2(C)C#N)C(=O)N4C)ccc2c1OCO2. The molecule has 0 saturated carbocycles. The van der Waals surface area contributed by atoms with Gasteiger partial charge < -0.3 is 24.0 Å². The lowest BCUT2D eigenvalue weighted by atomic mass is 9.79. The van der Waals surface area contributed by atoms with Crippen LogP contribution in [0.25, 0.3) is 0 Å². The van der Waals surface area contributed by atoms with E-state index in [1.54, 1.807) is 37.9 Å². The van der Waals surface area contributed by atoms with Crippen molar-refractivity contribution in [2.24, 2.45) is 5.41 Å². The number of nitriles is 1. The van der Waals surface area contributed by atoms with E-state index >= 15 is 0 Å². The Morgan fingerprint density at radius 2 is 2.00 bits per heavy atom. The Kier molecular flexibility index (Phi) is 3.67. The minimum absolute atomic E-state index is 0.0791. The fourth-order valence-corrected chi connectivity index (χ4v) is 8.35. The van der Waals surface area contributed by atoms with Crippen LogP contribution in [0.15, 0.2) is 12.1 Å². The normalized spacial score (nSPS) is 37.0. The third kappa shape index (κ3) is 2.02. The lowest BCUT2D eigenvalue weighted by Gasteiger charge is -2.57. The van der Waals surface area contributed by atoms with E-state index in [0.29, 0.717) is 22.8 Å². The molecule has 152 valence electrons. The Morgan fingerprint density at radius 1 is 1.24 bits per heavy atom. The van der Waals surface area contributed by atoms with Crippen LogP contribution in [0, 0.1) is 16.7 Å². The zero-order valence-corrected chi connectivity index (χ0v) is 18.0. The van der Waals surface area contributed by atoms with Crippen molar-refractivity contribution in [2.45, 2.75) is 36.1 Å². The zero-order valence-electron chi connectivity index (χ0n) is 16.3. The van der Waals surface area contributed by atoms with E-state index in [4.69, 9.17) is 14.2 Å². The van der Waals surface area contributed by atoms with Gasteiger partial charge in [-0.05, 0) is 26.0 Å². The number of methoxy groups -OCH3 is 1. The first kappa shape index (κ1) is 18.8. The van der Waals surface area contributed by atoms with Gasteiger partial charge in [0.1, 0.15) is 0 Å². The fourth-order valence-electron chi connectivity index (χ4n) is 4.77. The zero-order chi connectivity index (χ0) is 20.8. The summed E-state index contributed by atoms with van der Waals surface area (Å²) in [6.45, 7) is 3.63. The van der Waals surface area contributed by atoms with E-state index in [1.165, 1.54) is 33.6 Å². The van der Waals surface area contributed by atoms with E-state index < -0.39 is 21.2 Å². The molecule has 4 saturated heterocycles. The molecule has 6 rings (SSSR count). The van der Waals surface area contributed by atoms with Gasteiger partial charge >= 0.3 is 0 Å². The maximum absolute atomic E-state index is 13.7. The third-order valence-corrected chi connectivity index (χ3v) is 10.1. The molecule has 4 fully saturated rings. The van der Waals surface area contributed by atoms with Crippen molar-refractivity contribution in [1.82, 2.24) is 9.80 Å². The minimum Gasteiger partial charge on any atom is -0.492 e. The summed E-state index contributed by atoms with van der Waals surface area (Å²) in [5.41, 5.74) is -0.348. The molecule has 5 heterocycles. The summed E-state index contributed by atoms with van der Waals surface area (Å²) in [5.74, 6) is 1.12. The monoisotopic (exact) mass is 433 g/mol. The first-order valence-electron chi connectivity index (χ1n) is 9.10. The highest BCUT2D eigenvalue weighted by Crippen LogP contribution is 2.70. The molecule has 1 aromatic carbocycles. The van der Waals surface area contributed by atoms with E-state index in [2.05, 4.69) is 6.07 Å². The van der Waals surface area contributed by atoms with Gasteiger partial charge in [-0.25, -0.2) is 0 Å². The number of carbonyl (C=O) groups is 2. The molecule has 4 atom stereocenters. The van der Waals surface area contributed by atoms with Gasteiger partial charge in [0.2, 0.25) is 12.5 Å². The smallest absolute Gasteiger partial charge is 0.261 e. The Morgan fingerprint density at radius 3 is 2.69 bits per heavy atom. The van der Waals surface area contributed by atoms with Gasteiger partial charge in [0.25, 0.3) is 11.8 Å². The average Bonchev–Trinajstić information content (AvgIpc) is 3.29. The highest BCUT2D eigenvalue weighted by molar-refractivity contribution is 8.78. The van der Waals surface area contributed by atoms with E-state index in [0.717, 1.165) is 0 Å². The summed E-state index contributed by atoms with van der Waals surface area (Å²) < 4.78 is 16.7. The van der Waals surface area contributed by atoms with Gasteiger partial charge in [0, 0.05) is 19.0 Å². The molecule has 1 spiro atoms. The van der Waals surface area contributed by atoms with Crippen molar-refractivity contribution in [3.05, 3.63) is 17.7 Å². The number of ether oxygens (including phenoxy) is 3. The number of fused-ring (bicyclic) bond motifs is 3. The molecular formula is C19H19N3O5S2. The molecule has 2 amide bonds. The maximum atomic E-state index is 13.7. The second-order valence-corrected chi connectivity index (χ2v) is 10.8. The van der Waals surface area contributed by atoms with Gasteiger partial charge in [-0.15, -0.1) is 0 Å². The van der Waals surface area contributed by atoms with Crippen molar-refractivity contribution >= 4 is 33.4 Å². The molecule has 1 aromatic rings. The van der Waals surface area contributed by atoms with Gasteiger partial charge in [0.05, 0.1) is 24.6 Å². The van der Waals surface area contributed by atoms with Gasteiger partial charge in [-0.1, -0.05) is 21.6 Å². The molecule has 0 radical (unpaired) electrons. The number of nitrogens with zero attached hydrogens (tertiary/aromatic N) is 3. The average molecular weight is 434 g/mol. The summed E-state index contributed by atoms with van der Waals surface area (Å²) >= 11 is 0. The van der Waals surface area contributed by atoms with E-state index in [-0.39, 0.29) is 25.0 Å². The highest BCUT2D eigenvalue weighted by Gasteiger charge is 2.75. The minimum atomic E-state index is -1.12. The summed E-state index contributed by atoms with van der Waals surface area (Å²) in [7, 11) is 5.94. The first-order valence-corrected chi connectivity index (χ1v) is 11.2. The Balaban J connectivity index is 1.75. The van der Waals surface area contributed by atoms with Crippen LogP contribution in [0.3, 0.4) is 0 Å². The predicted molar refractivity (Wildman–Crippen MR) is 106 cm³/mol. The first-order chi connectivity index (χ1) is 13.7. The second-order valence-electron chi connectivity index (χ2n) is 8.00. The lowest BCUT2D eigenvalue weighted by Crippen LogP contribution is -2.73. The fraction of sp³-hybridized carbons (Fsp3) is 0.526. The molecular weight excluding hydrogens is 414 g/mol. The Bertz CT molecular complexity index is 1010. The van der Waals surface area contributed by atoms with Crippen LogP contribution in [-0.2, 0) is 9.59 Å². The molecule has 29 heavy (non-hydrogen) atoms. The van der Waals surface area contributed by atoms with Gasteiger partial charge in [-0.3, -0.25) is 9.59 Å². The van der Waals surface area contributed by atoms with Crippen molar-refractivity contribution in [3.63, 3.8) is 0 Å². The largest absolute Gasteiger partial charge is 0.492 e. The number of rotatable bonds is 2.